The lowest BCUT2D eigenvalue weighted by Crippen LogP contribution is -2.55. The Hall–Kier alpha value is -0.900. The van der Waals surface area contributed by atoms with Crippen LogP contribution in [0, 0.1) is 5.92 Å². The van der Waals surface area contributed by atoms with Crippen LogP contribution in [0.3, 0.4) is 0 Å². The predicted octanol–water partition coefficient (Wildman–Crippen LogP) is 3.39. The zero-order valence-electron chi connectivity index (χ0n) is 11.8. The number of carbonyl (C=O) groups is 2. The normalized spacial score (nSPS) is 27.3. The van der Waals surface area contributed by atoms with Gasteiger partial charge in [0.1, 0.15) is 0 Å². The molecule has 3 aliphatic heterocycles. The van der Waals surface area contributed by atoms with Crippen molar-refractivity contribution in [2.24, 2.45) is 5.92 Å². The molecule has 0 radical (unpaired) electrons. The number of hydrogen-bond acceptors (Lipinski definition) is 3. The first kappa shape index (κ1) is 16.5. The van der Waals surface area contributed by atoms with E-state index in [9.17, 15) is 9.59 Å². The largest absolute Gasteiger partial charge is 0.298 e. The first-order valence-electron chi connectivity index (χ1n) is 7.21. The first-order valence-corrected chi connectivity index (χ1v) is 7.59. The van der Waals surface area contributed by atoms with Gasteiger partial charge in [-0.3, -0.25) is 14.5 Å². The molecule has 0 aliphatic carbocycles. The minimum atomic E-state index is -0.0289. The lowest BCUT2D eigenvalue weighted by molar-refractivity contribution is -0.137. The van der Waals surface area contributed by atoms with E-state index in [1.54, 1.807) is 24.3 Å². The lowest BCUT2D eigenvalue weighted by atomic mass is 9.80. The van der Waals surface area contributed by atoms with Gasteiger partial charge in [0, 0.05) is 22.9 Å². The first-order chi connectivity index (χ1) is 9.65. The Morgan fingerprint density at radius 1 is 1.19 bits per heavy atom. The molecule has 1 aromatic rings. The number of piperidine rings is 3. The van der Waals surface area contributed by atoms with Crippen molar-refractivity contribution in [3.8, 4) is 0 Å². The molecular weight excluding hydrogens is 309 g/mol. The molecule has 0 saturated carbocycles. The molecule has 2 bridgehead atoms. The molecule has 5 heteroatoms. The van der Waals surface area contributed by atoms with Crippen molar-refractivity contribution in [1.82, 2.24) is 4.90 Å². The highest BCUT2D eigenvalue weighted by molar-refractivity contribution is 6.30. The molecular formula is C16H19Cl2NO2. The zero-order chi connectivity index (χ0) is 14.1. The molecule has 3 fully saturated rings. The molecule has 1 aromatic carbocycles. The van der Waals surface area contributed by atoms with Gasteiger partial charge in [0.05, 0.1) is 6.04 Å². The number of rotatable bonds is 4. The monoisotopic (exact) mass is 327 g/mol. The number of Topliss-reactive ketones (excluding diaryl/α,β-unsaturated/α-hetero) is 2. The van der Waals surface area contributed by atoms with Gasteiger partial charge in [-0.2, -0.15) is 0 Å². The van der Waals surface area contributed by atoms with E-state index in [-0.39, 0.29) is 30.2 Å². The van der Waals surface area contributed by atoms with Gasteiger partial charge in [-0.15, -0.1) is 12.4 Å². The van der Waals surface area contributed by atoms with Crippen LogP contribution in [0.5, 0.6) is 0 Å². The maximum Gasteiger partial charge on any atom is 0.162 e. The quantitative estimate of drug-likeness (QED) is 0.795. The van der Waals surface area contributed by atoms with Crippen molar-refractivity contribution in [3.05, 3.63) is 34.9 Å². The minimum Gasteiger partial charge on any atom is -0.298 e. The number of hydrogen-bond donors (Lipinski definition) is 0. The molecule has 4 rings (SSSR count). The van der Waals surface area contributed by atoms with Gasteiger partial charge in [-0.25, -0.2) is 0 Å². The maximum absolute atomic E-state index is 12.2. The summed E-state index contributed by atoms with van der Waals surface area (Å²) in [5.41, 5.74) is 0.679. The van der Waals surface area contributed by atoms with E-state index in [2.05, 4.69) is 4.90 Å². The van der Waals surface area contributed by atoms with Gasteiger partial charge in [0.2, 0.25) is 0 Å². The molecule has 0 N–H and O–H groups in total. The van der Waals surface area contributed by atoms with E-state index in [0.29, 0.717) is 29.2 Å². The van der Waals surface area contributed by atoms with E-state index in [1.165, 1.54) is 0 Å². The standard InChI is InChI=1S/C16H18ClNO2.ClH/c17-13-3-1-11(2-4-13)15(19)6-5-14-16(20)12-7-9-18(14)10-8-12;/h1-4,12,14H,5-10H2;1H. The molecule has 3 aliphatic rings. The van der Waals surface area contributed by atoms with Crippen LogP contribution in [0.2, 0.25) is 5.02 Å². The Kier molecular flexibility index (Phi) is 5.42. The smallest absolute Gasteiger partial charge is 0.162 e. The molecule has 0 amide bonds. The Morgan fingerprint density at radius 3 is 2.38 bits per heavy atom. The number of carbonyl (C=O) groups excluding carboxylic acids is 2. The molecule has 3 saturated heterocycles. The number of halogens is 2. The average Bonchev–Trinajstić information content (AvgIpc) is 2.48. The number of nitrogens with zero attached hydrogens (tertiary/aromatic N) is 1. The van der Waals surface area contributed by atoms with E-state index in [4.69, 9.17) is 11.6 Å². The van der Waals surface area contributed by atoms with E-state index < -0.39 is 0 Å². The molecule has 1 atom stereocenters. The molecule has 0 spiro atoms. The van der Waals surface area contributed by atoms with Crippen molar-refractivity contribution in [1.29, 1.82) is 0 Å². The molecule has 3 nitrogen and oxygen atoms in total. The van der Waals surface area contributed by atoms with E-state index in [0.717, 1.165) is 25.9 Å². The fraction of sp³-hybridized carbons (Fsp3) is 0.500. The van der Waals surface area contributed by atoms with Crippen LogP contribution in [-0.4, -0.2) is 35.6 Å². The summed E-state index contributed by atoms with van der Waals surface area (Å²) >= 11 is 5.81. The highest BCUT2D eigenvalue weighted by Crippen LogP contribution is 2.31. The molecule has 21 heavy (non-hydrogen) atoms. The van der Waals surface area contributed by atoms with Crippen molar-refractivity contribution < 1.29 is 9.59 Å². The molecule has 114 valence electrons. The third-order valence-corrected chi connectivity index (χ3v) is 4.76. The topological polar surface area (TPSA) is 37.4 Å². The Labute approximate surface area is 136 Å². The number of fused-ring (bicyclic) bond motifs is 3. The summed E-state index contributed by atoms with van der Waals surface area (Å²) in [7, 11) is 0. The van der Waals surface area contributed by atoms with Crippen molar-refractivity contribution in [3.63, 3.8) is 0 Å². The Bertz CT molecular complexity index is 522. The minimum absolute atomic E-state index is 0. The van der Waals surface area contributed by atoms with E-state index in [1.807, 2.05) is 0 Å². The van der Waals surface area contributed by atoms with Crippen molar-refractivity contribution >= 4 is 35.6 Å². The second-order valence-corrected chi connectivity index (χ2v) is 6.13. The highest BCUT2D eigenvalue weighted by Gasteiger charge is 2.40. The van der Waals surface area contributed by atoms with Gasteiger partial charge in [0.15, 0.2) is 11.6 Å². The second-order valence-electron chi connectivity index (χ2n) is 5.70. The van der Waals surface area contributed by atoms with Crippen molar-refractivity contribution in [2.45, 2.75) is 31.7 Å². The summed E-state index contributed by atoms with van der Waals surface area (Å²) in [6, 6.07) is 6.93. The van der Waals surface area contributed by atoms with E-state index >= 15 is 0 Å². The van der Waals surface area contributed by atoms with Crippen molar-refractivity contribution in [2.75, 3.05) is 13.1 Å². The average molecular weight is 328 g/mol. The van der Waals surface area contributed by atoms with Gasteiger partial charge >= 0.3 is 0 Å². The third kappa shape index (κ3) is 3.47. The van der Waals surface area contributed by atoms with Crippen LogP contribution in [-0.2, 0) is 4.79 Å². The van der Waals surface area contributed by atoms with Gasteiger partial charge in [-0.05, 0) is 56.6 Å². The summed E-state index contributed by atoms with van der Waals surface area (Å²) in [5, 5.41) is 0.632. The Morgan fingerprint density at radius 2 is 1.81 bits per heavy atom. The molecule has 3 heterocycles. The van der Waals surface area contributed by atoms with Crippen LogP contribution >= 0.6 is 24.0 Å². The number of ketones is 2. The van der Waals surface area contributed by atoms with Crippen LogP contribution in [0.25, 0.3) is 0 Å². The van der Waals surface area contributed by atoms with Crippen LogP contribution in [0.4, 0.5) is 0 Å². The van der Waals surface area contributed by atoms with Gasteiger partial charge in [-0.1, -0.05) is 11.6 Å². The highest BCUT2D eigenvalue weighted by atomic mass is 35.5. The third-order valence-electron chi connectivity index (χ3n) is 4.51. The predicted molar refractivity (Wildman–Crippen MR) is 85.4 cm³/mol. The zero-order valence-corrected chi connectivity index (χ0v) is 13.3. The summed E-state index contributed by atoms with van der Waals surface area (Å²) in [6.45, 7) is 2.02. The second kappa shape index (κ2) is 6.91. The summed E-state index contributed by atoms with van der Waals surface area (Å²) in [6.07, 6.45) is 3.08. The maximum atomic E-state index is 12.2. The summed E-state index contributed by atoms with van der Waals surface area (Å²) in [4.78, 5) is 26.6. The summed E-state index contributed by atoms with van der Waals surface area (Å²) in [5.74, 6) is 0.694. The van der Waals surface area contributed by atoms with Crippen LogP contribution in [0.1, 0.15) is 36.0 Å². The molecule has 0 aromatic heterocycles. The van der Waals surface area contributed by atoms with Gasteiger partial charge in [0.25, 0.3) is 0 Å². The van der Waals surface area contributed by atoms with Gasteiger partial charge < -0.3 is 0 Å². The fourth-order valence-corrected chi connectivity index (χ4v) is 3.45. The number of benzene rings is 1. The fourth-order valence-electron chi connectivity index (χ4n) is 3.32. The van der Waals surface area contributed by atoms with Crippen LogP contribution in [0.15, 0.2) is 24.3 Å². The summed E-state index contributed by atoms with van der Waals surface area (Å²) < 4.78 is 0. The SMILES string of the molecule is Cl.O=C(CCC1C(=O)C2CCN1CC2)c1ccc(Cl)cc1. The lowest BCUT2D eigenvalue weighted by Gasteiger charge is -2.44. The molecule has 1 unspecified atom stereocenters. The Balaban J connectivity index is 0.00000161. The van der Waals surface area contributed by atoms with Crippen LogP contribution < -0.4 is 0 Å².